The summed E-state index contributed by atoms with van der Waals surface area (Å²) in [4.78, 5) is 3.83. The van der Waals surface area contributed by atoms with Gasteiger partial charge in [-0.2, -0.15) is 0 Å². The maximum absolute atomic E-state index is 14.2. The first-order chi connectivity index (χ1) is 8.69. The summed E-state index contributed by atoms with van der Waals surface area (Å²) >= 11 is 0. The zero-order valence-corrected chi connectivity index (χ0v) is 10.5. The van der Waals surface area contributed by atoms with Gasteiger partial charge in [-0.05, 0) is 26.1 Å². The third-order valence-corrected chi connectivity index (χ3v) is 2.89. The van der Waals surface area contributed by atoms with Gasteiger partial charge in [0, 0.05) is 17.3 Å². The van der Waals surface area contributed by atoms with Crippen LogP contribution in [0.25, 0.3) is 0 Å². The van der Waals surface area contributed by atoms with Crippen molar-refractivity contribution in [1.29, 1.82) is 0 Å². The van der Waals surface area contributed by atoms with Gasteiger partial charge in [-0.15, -0.1) is 0 Å². The summed E-state index contributed by atoms with van der Waals surface area (Å²) < 4.78 is 24.3. The Morgan fingerprint density at radius 1 is 1.39 bits per heavy atom. The summed E-state index contributed by atoms with van der Waals surface area (Å²) in [5.74, 6) is 0.290. The van der Waals surface area contributed by atoms with Gasteiger partial charge in [-0.1, -0.05) is 0 Å². The van der Waals surface area contributed by atoms with E-state index in [0.29, 0.717) is 5.56 Å². The fraction of sp³-hybridized carbons (Fsp3) is 0.308. The summed E-state index contributed by atoms with van der Waals surface area (Å²) in [6.07, 6.45) is 3.11. The molecule has 2 heterocycles. The van der Waals surface area contributed by atoms with Crippen molar-refractivity contribution < 1.29 is 13.5 Å². The molecule has 0 saturated heterocycles. The predicted molar refractivity (Wildman–Crippen MR) is 65.1 cm³/mol. The first-order valence-corrected chi connectivity index (χ1v) is 5.58. The minimum Gasteiger partial charge on any atom is -0.479 e. The Balaban J connectivity index is 2.49. The van der Waals surface area contributed by atoms with E-state index < -0.39 is 5.82 Å². The van der Waals surface area contributed by atoms with Gasteiger partial charge in [0.2, 0.25) is 5.88 Å². The van der Waals surface area contributed by atoms with Crippen LogP contribution in [0.15, 0.2) is 29.0 Å². The van der Waals surface area contributed by atoms with E-state index in [0.717, 1.165) is 11.3 Å². The number of ether oxygens (including phenoxy) is 1. The van der Waals surface area contributed by atoms with Crippen molar-refractivity contribution in [3.8, 4) is 5.88 Å². The van der Waals surface area contributed by atoms with Gasteiger partial charge in [0.1, 0.15) is 5.76 Å². The second-order valence-electron chi connectivity index (χ2n) is 3.88. The molecular formula is C13H15FN2O2. The maximum atomic E-state index is 14.2. The first kappa shape index (κ1) is 12.6. The number of methoxy groups -OCH3 is 1. The minimum absolute atomic E-state index is 0.00565. The Hall–Kier alpha value is -1.88. The van der Waals surface area contributed by atoms with Crippen LogP contribution in [0, 0.1) is 12.7 Å². The summed E-state index contributed by atoms with van der Waals surface area (Å²) in [6, 6.07) is 3.16. The molecule has 4 nitrogen and oxygen atoms in total. The van der Waals surface area contributed by atoms with Crippen LogP contribution in [0.4, 0.5) is 4.39 Å². The minimum atomic E-state index is -0.458. The fourth-order valence-corrected chi connectivity index (χ4v) is 1.98. The number of hydrogen-bond donors (Lipinski definition) is 1. The van der Waals surface area contributed by atoms with Crippen LogP contribution in [-0.2, 0) is 0 Å². The normalized spacial score (nSPS) is 12.4. The lowest BCUT2D eigenvalue weighted by Gasteiger charge is -2.17. The molecule has 0 radical (unpaired) electrons. The fourth-order valence-electron chi connectivity index (χ4n) is 1.98. The van der Waals surface area contributed by atoms with E-state index in [-0.39, 0.29) is 11.9 Å². The van der Waals surface area contributed by atoms with E-state index in [4.69, 9.17) is 9.15 Å². The third-order valence-electron chi connectivity index (χ3n) is 2.89. The topological polar surface area (TPSA) is 47.3 Å². The highest BCUT2D eigenvalue weighted by Gasteiger charge is 2.22. The van der Waals surface area contributed by atoms with Crippen molar-refractivity contribution in [3.05, 3.63) is 47.3 Å². The molecular weight excluding hydrogens is 235 g/mol. The summed E-state index contributed by atoms with van der Waals surface area (Å²) in [5, 5.41) is 3.07. The molecule has 0 spiro atoms. The number of nitrogens with one attached hydrogen (secondary N) is 1. The van der Waals surface area contributed by atoms with Gasteiger partial charge in [-0.3, -0.25) is 0 Å². The van der Waals surface area contributed by atoms with Crippen molar-refractivity contribution in [2.45, 2.75) is 13.0 Å². The van der Waals surface area contributed by atoms with Crippen LogP contribution in [0.2, 0.25) is 0 Å². The monoisotopic (exact) mass is 250 g/mol. The van der Waals surface area contributed by atoms with Gasteiger partial charge < -0.3 is 14.5 Å². The lowest BCUT2D eigenvalue weighted by atomic mass is 10.00. The van der Waals surface area contributed by atoms with Crippen LogP contribution < -0.4 is 10.1 Å². The molecule has 96 valence electrons. The molecule has 0 fully saturated rings. The van der Waals surface area contributed by atoms with Gasteiger partial charge >= 0.3 is 0 Å². The zero-order chi connectivity index (χ0) is 13.1. The molecule has 0 aromatic carbocycles. The molecule has 0 bridgehead atoms. The molecule has 5 heteroatoms. The summed E-state index contributed by atoms with van der Waals surface area (Å²) in [5.41, 5.74) is 1.37. The van der Waals surface area contributed by atoms with Crippen molar-refractivity contribution in [1.82, 2.24) is 10.3 Å². The largest absolute Gasteiger partial charge is 0.479 e. The molecule has 0 aliphatic rings. The highest BCUT2D eigenvalue weighted by Crippen LogP contribution is 2.29. The van der Waals surface area contributed by atoms with Gasteiger partial charge in [0.15, 0.2) is 5.82 Å². The lowest BCUT2D eigenvalue weighted by Crippen LogP contribution is -2.19. The quantitative estimate of drug-likeness (QED) is 0.905. The van der Waals surface area contributed by atoms with Gasteiger partial charge in [0.05, 0.1) is 19.4 Å². The van der Waals surface area contributed by atoms with E-state index in [1.54, 1.807) is 19.4 Å². The highest BCUT2D eigenvalue weighted by atomic mass is 19.1. The van der Waals surface area contributed by atoms with Crippen LogP contribution in [0.3, 0.4) is 0 Å². The molecule has 2 rings (SSSR count). The number of aryl methyl sites for hydroxylation is 1. The second-order valence-corrected chi connectivity index (χ2v) is 3.88. The average Bonchev–Trinajstić information content (AvgIpc) is 2.79. The highest BCUT2D eigenvalue weighted by molar-refractivity contribution is 5.35. The Morgan fingerprint density at radius 2 is 2.17 bits per heavy atom. The van der Waals surface area contributed by atoms with Gasteiger partial charge in [-0.25, -0.2) is 9.37 Å². The molecule has 0 amide bonds. The lowest BCUT2D eigenvalue weighted by molar-refractivity contribution is 0.364. The maximum Gasteiger partial charge on any atom is 0.250 e. The number of pyridine rings is 1. The molecule has 0 aliphatic heterocycles. The predicted octanol–water partition coefficient (Wildman–Crippen LogP) is 2.44. The van der Waals surface area contributed by atoms with E-state index in [9.17, 15) is 4.39 Å². The number of nitrogens with zero attached hydrogens (tertiary/aromatic N) is 1. The smallest absolute Gasteiger partial charge is 0.250 e. The van der Waals surface area contributed by atoms with Crippen LogP contribution in [0.1, 0.15) is 22.9 Å². The van der Waals surface area contributed by atoms with Crippen molar-refractivity contribution >= 4 is 0 Å². The Labute approximate surface area is 105 Å². The third kappa shape index (κ3) is 2.09. The molecule has 1 atom stereocenters. The molecule has 1 N–H and O–H groups in total. The molecule has 1 unspecified atom stereocenters. The van der Waals surface area contributed by atoms with Crippen molar-refractivity contribution in [2.24, 2.45) is 0 Å². The number of aromatic nitrogens is 1. The average molecular weight is 250 g/mol. The Morgan fingerprint density at radius 3 is 2.72 bits per heavy atom. The Kier molecular flexibility index (Phi) is 3.62. The number of furan rings is 1. The molecule has 18 heavy (non-hydrogen) atoms. The van der Waals surface area contributed by atoms with E-state index in [1.807, 2.05) is 13.0 Å². The van der Waals surface area contributed by atoms with Gasteiger partial charge in [0.25, 0.3) is 0 Å². The SMILES string of the molecule is CNC(c1ccoc1C)c1ccnc(OC)c1F. The number of hydrogen-bond acceptors (Lipinski definition) is 4. The van der Waals surface area contributed by atoms with Crippen LogP contribution in [0.5, 0.6) is 5.88 Å². The van der Waals surface area contributed by atoms with Crippen LogP contribution in [-0.4, -0.2) is 19.1 Å². The molecule has 0 aliphatic carbocycles. The second kappa shape index (κ2) is 5.18. The van der Waals surface area contributed by atoms with E-state index in [2.05, 4.69) is 10.3 Å². The number of halogens is 1. The van der Waals surface area contributed by atoms with E-state index >= 15 is 0 Å². The van der Waals surface area contributed by atoms with Crippen molar-refractivity contribution in [2.75, 3.05) is 14.2 Å². The Bertz CT molecular complexity index is 540. The summed E-state index contributed by atoms with van der Waals surface area (Å²) in [6.45, 7) is 1.84. The molecule has 2 aromatic rings. The standard InChI is InChI=1S/C13H15FN2O2/c1-8-9(5-7-18-8)12(15-2)10-4-6-16-13(17-3)11(10)14/h4-7,12,15H,1-3H3. The zero-order valence-electron chi connectivity index (χ0n) is 10.5. The summed E-state index contributed by atoms with van der Waals surface area (Å²) in [7, 11) is 3.16. The molecule has 2 aromatic heterocycles. The number of rotatable bonds is 4. The van der Waals surface area contributed by atoms with Crippen LogP contribution >= 0.6 is 0 Å². The molecule has 0 saturated carbocycles. The first-order valence-electron chi connectivity index (χ1n) is 5.58. The van der Waals surface area contributed by atoms with Crippen molar-refractivity contribution in [3.63, 3.8) is 0 Å². The van der Waals surface area contributed by atoms with E-state index in [1.165, 1.54) is 13.3 Å².